The van der Waals surface area contributed by atoms with Gasteiger partial charge in [0.2, 0.25) is 5.89 Å². The number of nitrogens with zero attached hydrogens (tertiary/aromatic N) is 3. The zero-order chi connectivity index (χ0) is 23.4. The Hall–Kier alpha value is -3.98. The molecule has 1 amide bonds. The molecule has 0 bridgehead atoms. The highest BCUT2D eigenvalue weighted by molar-refractivity contribution is 7.92. The van der Waals surface area contributed by atoms with Crippen LogP contribution < -0.4 is 9.62 Å². The summed E-state index contributed by atoms with van der Waals surface area (Å²) < 4.78 is 33.0. The second-order valence-electron chi connectivity index (χ2n) is 7.27. The van der Waals surface area contributed by atoms with E-state index in [0.29, 0.717) is 5.69 Å². The number of para-hydroxylation sites is 1. The lowest BCUT2D eigenvalue weighted by atomic mass is 10.1. The molecule has 0 radical (unpaired) electrons. The third kappa shape index (κ3) is 4.78. The minimum Gasteiger partial charge on any atom is -0.403 e. The smallest absolute Gasteiger partial charge is 0.322 e. The average molecular weight is 463 g/mol. The van der Waals surface area contributed by atoms with Crippen molar-refractivity contribution in [3.63, 3.8) is 0 Å². The van der Waals surface area contributed by atoms with Crippen LogP contribution in [0.5, 0.6) is 0 Å². The highest BCUT2D eigenvalue weighted by atomic mass is 32.2. The highest BCUT2D eigenvalue weighted by Gasteiger charge is 2.24. The van der Waals surface area contributed by atoms with Crippen LogP contribution in [0.15, 0.2) is 88.2 Å². The van der Waals surface area contributed by atoms with Crippen LogP contribution in [-0.2, 0) is 10.0 Å². The highest BCUT2D eigenvalue weighted by Crippen LogP contribution is 2.24. The molecule has 1 heterocycles. The van der Waals surface area contributed by atoms with E-state index in [9.17, 15) is 13.2 Å². The summed E-state index contributed by atoms with van der Waals surface area (Å²) in [6.07, 6.45) is 0. The number of benzene rings is 3. The van der Waals surface area contributed by atoms with Gasteiger partial charge in [0.05, 0.1) is 10.6 Å². The van der Waals surface area contributed by atoms with E-state index in [0.717, 1.165) is 11.1 Å². The van der Waals surface area contributed by atoms with Crippen LogP contribution >= 0.6 is 0 Å². The summed E-state index contributed by atoms with van der Waals surface area (Å²) in [5.41, 5.74) is 2.62. The molecule has 4 aromatic rings. The number of carbonyl (C=O) groups is 1. The normalized spacial score (nSPS) is 11.2. The van der Waals surface area contributed by atoms with Gasteiger partial charge in [-0.25, -0.2) is 8.42 Å². The number of anilines is 2. The lowest BCUT2D eigenvalue weighted by molar-refractivity contribution is 0.102. The van der Waals surface area contributed by atoms with Gasteiger partial charge in [-0.1, -0.05) is 41.0 Å². The molecule has 168 valence electrons. The average Bonchev–Trinajstić information content (AvgIpc) is 3.29. The summed E-state index contributed by atoms with van der Waals surface area (Å²) >= 11 is 0. The number of rotatable bonds is 7. The number of amides is 1. The van der Waals surface area contributed by atoms with Crippen molar-refractivity contribution in [2.24, 2.45) is 0 Å². The molecule has 33 heavy (non-hydrogen) atoms. The maximum absolute atomic E-state index is 13.1. The van der Waals surface area contributed by atoms with Crippen LogP contribution in [0.25, 0.3) is 11.5 Å². The van der Waals surface area contributed by atoms with Crippen LogP contribution in [0.2, 0.25) is 0 Å². The van der Waals surface area contributed by atoms with Crippen LogP contribution in [0, 0.1) is 6.92 Å². The molecule has 0 aliphatic rings. The number of aromatic nitrogens is 2. The summed E-state index contributed by atoms with van der Waals surface area (Å²) in [5.74, 6) is -0.204. The number of hydrogen-bond acceptors (Lipinski definition) is 6. The van der Waals surface area contributed by atoms with Crippen molar-refractivity contribution in [2.75, 3.05) is 16.2 Å². The van der Waals surface area contributed by atoms with Crippen molar-refractivity contribution in [1.82, 2.24) is 10.2 Å². The number of hydrogen-bond donors (Lipinski definition) is 1. The predicted octanol–water partition coefficient (Wildman–Crippen LogP) is 4.51. The monoisotopic (exact) mass is 462 g/mol. The van der Waals surface area contributed by atoms with E-state index in [-0.39, 0.29) is 28.9 Å². The minimum atomic E-state index is -3.78. The fourth-order valence-electron chi connectivity index (χ4n) is 3.33. The molecule has 0 saturated carbocycles. The molecule has 4 rings (SSSR count). The van der Waals surface area contributed by atoms with Gasteiger partial charge in [0.25, 0.3) is 15.9 Å². The topological polar surface area (TPSA) is 105 Å². The van der Waals surface area contributed by atoms with E-state index < -0.39 is 15.9 Å². The van der Waals surface area contributed by atoms with Crippen LogP contribution in [-0.4, -0.2) is 31.1 Å². The molecular weight excluding hydrogens is 440 g/mol. The van der Waals surface area contributed by atoms with Crippen molar-refractivity contribution >= 4 is 27.6 Å². The molecule has 0 unspecified atom stereocenters. The maximum atomic E-state index is 13.1. The lowest BCUT2D eigenvalue weighted by Crippen LogP contribution is -2.30. The van der Waals surface area contributed by atoms with Crippen molar-refractivity contribution in [3.8, 4) is 11.5 Å². The summed E-state index contributed by atoms with van der Waals surface area (Å²) in [5, 5.41) is 10.4. The Bertz CT molecular complexity index is 1370. The molecule has 0 fully saturated rings. The van der Waals surface area contributed by atoms with Crippen LogP contribution in [0.3, 0.4) is 0 Å². The van der Waals surface area contributed by atoms with Gasteiger partial charge in [-0.05, 0) is 62.4 Å². The first-order valence-corrected chi connectivity index (χ1v) is 11.7. The van der Waals surface area contributed by atoms with Gasteiger partial charge >= 0.3 is 6.01 Å². The Labute approximate surface area is 191 Å². The molecule has 9 heteroatoms. The molecule has 0 aliphatic heterocycles. The third-order valence-corrected chi connectivity index (χ3v) is 6.86. The standard InChI is InChI=1S/C24H22N4O4S/c1-3-28(20-10-5-4-6-11-20)33(30,31)21-14-12-18(13-15-21)22(29)25-24-27-26-23(32-24)19-9-7-8-17(2)16-19/h4-16H,3H2,1-2H3,(H,25,27,29). The summed E-state index contributed by atoms with van der Waals surface area (Å²) in [6.45, 7) is 3.99. The Balaban J connectivity index is 1.50. The molecule has 8 nitrogen and oxygen atoms in total. The number of sulfonamides is 1. The maximum Gasteiger partial charge on any atom is 0.322 e. The number of carbonyl (C=O) groups excluding carboxylic acids is 1. The van der Waals surface area contributed by atoms with Crippen LogP contribution in [0.1, 0.15) is 22.8 Å². The summed E-state index contributed by atoms with van der Waals surface area (Å²) in [4.78, 5) is 12.7. The van der Waals surface area contributed by atoms with Crippen molar-refractivity contribution in [2.45, 2.75) is 18.7 Å². The molecule has 0 spiro atoms. The van der Waals surface area contributed by atoms with Crippen molar-refractivity contribution < 1.29 is 17.6 Å². The fraction of sp³-hybridized carbons (Fsp3) is 0.125. The molecule has 3 aromatic carbocycles. The fourth-order valence-corrected chi connectivity index (χ4v) is 4.80. The quantitative estimate of drug-likeness (QED) is 0.433. The van der Waals surface area contributed by atoms with Crippen LogP contribution in [0.4, 0.5) is 11.7 Å². The van der Waals surface area contributed by atoms with Crippen molar-refractivity contribution in [1.29, 1.82) is 0 Å². The first kappa shape index (κ1) is 22.2. The SMILES string of the molecule is CCN(c1ccccc1)S(=O)(=O)c1ccc(C(=O)Nc2nnc(-c3cccc(C)c3)o2)cc1. The molecule has 0 atom stereocenters. The lowest BCUT2D eigenvalue weighted by Gasteiger charge is -2.22. The van der Waals surface area contributed by atoms with E-state index in [1.807, 2.05) is 37.3 Å². The largest absolute Gasteiger partial charge is 0.403 e. The third-order valence-electron chi connectivity index (χ3n) is 4.95. The zero-order valence-electron chi connectivity index (χ0n) is 18.1. The molecule has 0 saturated heterocycles. The molecule has 0 aliphatic carbocycles. The Morgan fingerprint density at radius 2 is 1.70 bits per heavy atom. The van der Waals surface area contributed by atoms with E-state index >= 15 is 0 Å². The first-order chi connectivity index (χ1) is 15.9. The van der Waals surface area contributed by atoms with Gasteiger partial charge < -0.3 is 4.42 Å². The second kappa shape index (κ2) is 9.25. The Morgan fingerprint density at radius 1 is 0.970 bits per heavy atom. The van der Waals surface area contributed by atoms with Crippen molar-refractivity contribution in [3.05, 3.63) is 90.0 Å². The van der Waals surface area contributed by atoms with Gasteiger partial charge in [0, 0.05) is 17.7 Å². The summed E-state index contributed by atoms with van der Waals surface area (Å²) in [6, 6.07) is 22.1. The molecule has 1 N–H and O–H groups in total. The number of aryl methyl sites for hydroxylation is 1. The Morgan fingerprint density at radius 3 is 2.36 bits per heavy atom. The predicted molar refractivity (Wildman–Crippen MR) is 126 cm³/mol. The zero-order valence-corrected chi connectivity index (χ0v) is 18.9. The van der Waals surface area contributed by atoms with Gasteiger partial charge in [-0.3, -0.25) is 14.4 Å². The Kier molecular flexibility index (Phi) is 6.23. The van der Waals surface area contributed by atoms with Gasteiger partial charge in [-0.15, -0.1) is 5.10 Å². The van der Waals surface area contributed by atoms with E-state index in [1.54, 1.807) is 31.2 Å². The second-order valence-corrected chi connectivity index (χ2v) is 9.13. The minimum absolute atomic E-state index is 0.0468. The first-order valence-electron chi connectivity index (χ1n) is 10.3. The molecular formula is C24H22N4O4S. The summed E-state index contributed by atoms with van der Waals surface area (Å²) in [7, 11) is -3.78. The number of nitrogens with one attached hydrogen (secondary N) is 1. The van der Waals surface area contributed by atoms with Gasteiger partial charge in [0.15, 0.2) is 0 Å². The van der Waals surface area contributed by atoms with E-state index in [4.69, 9.17) is 4.42 Å². The molecule has 1 aromatic heterocycles. The van der Waals surface area contributed by atoms with Gasteiger partial charge in [-0.2, -0.15) is 0 Å². The van der Waals surface area contributed by atoms with Gasteiger partial charge in [0.1, 0.15) is 0 Å². The van der Waals surface area contributed by atoms with E-state index in [2.05, 4.69) is 15.5 Å². The van der Waals surface area contributed by atoms with E-state index in [1.165, 1.54) is 28.6 Å².